The lowest BCUT2D eigenvalue weighted by Gasteiger charge is -2.18. The number of rotatable bonds is 59. The summed E-state index contributed by atoms with van der Waals surface area (Å²) in [6.07, 6.45) is 84.8. The largest absolute Gasteiger partial charge is 0.462 e. The number of hydrogen-bond donors (Lipinski definition) is 0. The molecule has 0 aliphatic rings. The predicted octanol–water partition coefficient (Wildman–Crippen LogP) is 22.3. The summed E-state index contributed by atoms with van der Waals surface area (Å²) in [4.78, 5) is 38.2. The molecular weight excluding hydrogens is 937 g/mol. The molecule has 0 spiro atoms. The fourth-order valence-corrected chi connectivity index (χ4v) is 9.29. The molecule has 76 heavy (non-hydrogen) atoms. The van der Waals surface area contributed by atoms with Crippen LogP contribution in [0.1, 0.15) is 323 Å². The molecule has 0 aliphatic heterocycles. The van der Waals surface area contributed by atoms with Crippen molar-refractivity contribution >= 4 is 17.9 Å². The molecule has 0 N–H and O–H groups in total. The highest BCUT2D eigenvalue weighted by Crippen LogP contribution is 2.17. The Morgan fingerprint density at radius 2 is 0.539 bits per heavy atom. The Morgan fingerprint density at radius 1 is 0.276 bits per heavy atom. The van der Waals surface area contributed by atoms with E-state index in [1.54, 1.807) is 0 Å². The maximum Gasteiger partial charge on any atom is 0.306 e. The van der Waals surface area contributed by atoms with Crippen LogP contribution in [-0.4, -0.2) is 37.2 Å². The van der Waals surface area contributed by atoms with E-state index in [0.29, 0.717) is 19.3 Å². The number of allylic oxidation sites excluding steroid dienone is 14. The Morgan fingerprint density at radius 3 is 0.868 bits per heavy atom. The monoisotopic (exact) mass is 1060 g/mol. The Kier molecular flexibility index (Phi) is 61.2. The molecule has 0 bridgehead atoms. The van der Waals surface area contributed by atoms with Crippen molar-refractivity contribution < 1.29 is 28.6 Å². The average molecular weight is 1060 g/mol. The van der Waals surface area contributed by atoms with Crippen molar-refractivity contribution in [2.24, 2.45) is 0 Å². The topological polar surface area (TPSA) is 78.9 Å². The first kappa shape index (κ1) is 72.6. The van der Waals surface area contributed by atoms with Crippen LogP contribution in [0.2, 0.25) is 0 Å². The van der Waals surface area contributed by atoms with Gasteiger partial charge in [0.2, 0.25) is 0 Å². The highest BCUT2D eigenvalue weighted by atomic mass is 16.6. The lowest BCUT2D eigenvalue weighted by Crippen LogP contribution is -2.30. The highest BCUT2D eigenvalue weighted by Gasteiger charge is 2.19. The lowest BCUT2D eigenvalue weighted by atomic mass is 10.0. The smallest absolute Gasteiger partial charge is 0.306 e. The van der Waals surface area contributed by atoms with E-state index in [-0.39, 0.29) is 31.6 Å². The maximum atomic E-state index is 12.9. The van der Waals surface area contributed by atoms with E-state index in [1.165, 1.54) is 186 Å². The van der Waals surface area contributed by atoms with Crippen LogP contribution in [0.5, 0.6) is 0 Å². The minimum atomic E-state index is -0.820. The fourth-order valence-electron chi connectivity index (χ4n) is 9.29. The molecule has 0 rings (SSSR count). The second-order valence-corrected chi connectivity index (χ2v) is 21.6. The first-order chi connectivity index (χ1) is 37.5. The third-order valence-corrected chi connectivity index (χ3v) is 14.1. The summed E-state index contributed by atoms with van der Waals surface area (Å²) < 4.78 is 16.8. The van der Waals surface area contributed by atoms with Crippen molar-refractivity contribution in [1.29, 1.82) is 0 Å². The van der Waals surface area contributed by atoms with Gasteiger partial charge in [0, 0.05) is 19.3 Å². The van der Waals surface area contributed by atoms with E-state index in [1.807, 2.05) is 6.08 Å². The molecular formula is C70H122O6. The molecule has 0 radical (unpaired) electrons. The second kappa shape index (κ2) is 64.1. The molecule has 0 aliphatic carbocycles. The van der Waals surface area contributed by atoms with Gasteiger partial charge in [0.25, 0.3) is 0 Å². The summed E-state index contributed by atoms with van der Waals surface area (Å²) in [6.45, 7) is 6.48. The SMILES string of the molecule is CC/C=C\C/C=C\C/C=C\C/C=C\C/C=C\C/C=C\CCC(=O)OC(COC(=O)CCCCCCC/C=C\CCCCCC)COC(=O)CCCCCCCCCCCCCCCCCCCCCCCCCCCC. The number of carbonyl (C=O) groups is 3. The van der Waals surface area contributed by atoms with Gasteiger partial charge >= 0.3 is 17.9 Å². The average Bonchev–Trinajstić information content (AvgIpc) is 3.42. The van der Waals surface area contributed by atoms with E-state index >= 15 is 0 Å². The molecule has 438 valence electrons. The van der Waals surface area contributed by atoms with Crippen LogP contribution >= 0.6 is 0 Å². The molecule has 0 aromatic rings. The van der Waals surface area contributed by atoms with Gasteiger partial charge in [0.1, 0.15) is 13.2 Å². The molecule has 0 amide bonds. The molecule has 6 nitrogen and oxygen atoms in total. The number of unbranched alkanes of at least 4 members (excludes halogenated alkanes) is 34. The Bertz CT molecular complexity index is 1450. The molecule has 0 saturated carbocycles. The van der Waals surface area contributed by atoms with Crippen LogP contribution in [0.15, 0.2) is 85.1 Å². The highest BCUT2D eigenvalue weighted by molar-refractivity contribution is 5.71. The number of esters is 3. The molecule has 0 aromatic carbocycles. The minimum absolute atomic E-state index is 0.107. The molecule has 0 fully saturated rings. The van der Waals surface area contributed by atoms with Gasteiger partial charge in [-0.1, -0.05) is 305 Å². The summed E-state index contributed by atoms with van der Waals surface area (Å²) in [5.41, 5.74) is 0. The molecule has 0 aromatic heterocycles. The van der Waals surface area contributed by atoms with Gasteiger partial charge in [-0.15, -0.1) is 0 Å². The molecule has 1 atom stereocenters. The zero-order valence-electron chi connectivity index (χ0n) is 50.3. The summed E-state index contributed by atoms with van der Waals surface area (Å²) >= 11 is 0. The Labute approximate surface area is 471 Å². The van der Waals surface area contributed by atoms with Gasteiger partial charge in [0.15, 0.2) is 6.10 Å². The van der Waals surface area contributed by atoms with Crippen LogP contribution < -0.4 is 0 Å². The van der Waals surface area contributed by atoms with Gasteiger partial charge in [0.05, 0.1) is 0 Å². The molecule has 1 unspecified atom stereocenters. The van der Waals surface area contributed by atoms with Gasteiger partial charge in [-0.2, -0.15) is 0 Å². The van der Waals surface area contributed by atoms with Crippen molar-refractivity contribution in [3.63, 3.8) is 0 Å². The van der Waals surface area contributed by atoms with Crippen molar-refractivity contribution in [2.45, 2.75) is 329 Å². The van der Waals surface area contributed by atoms with Gasteiger partial charge < -0.3 is 14.2 Å². The van der Waals surface area contributed by atoms with E-state index in [2.05, 4.69) is 99.8 Å². The lowest BCUT2D eigenvalue weighted by molar-refractivity contribution is -0.166. The van der Waals surface area contributed by atoms with Gasteiger partial charge in [-0.3, -0.25) is 14.4 Å². The summed E-state index contributed by atoms with van der Waals surface area (Å²) in [6, 6.07) is 0. The normalized spacial score (nSPS) is 12.6. The van der Waals surface area contributed by atoms with Crippen LogP contribution in [0.25, 0.3) is 0 Å². The van der Waals surface area contributed by atoms with E-state index in [4.69, 9.17) is 14.2 Å². The third kappa shape index (κ3) is 61.4. The summed E-state index contributed by atoms with van der Waals surface area (Å²) in [5.74, 6) is -0.988. The molecule has 0 heterocycles. The van der Waals surface area contributed by atoms with Crippen LogP contribution in [0, 0.1) is 0 Å². The van der Waals surface area contributed by atoms with Crippen molar-refractivity contribution in [2.75, 3.05) is 13.2 Å². The quantitative estimate of drug-likeness (QED) is 0.0261. The Balaban J connectivity index is 4.34. The van der Waals surface area contributed by atoms with Crippen molar-refractivity contribution in [3.8, 4) is 0 Å². The molecule has 0 saturated heterocycles. The summed E-state index contributed by atoms with van der Waals surface area (Å²) in [7, 11) is 0. The van der Waals surface area contributed by atoms with Crippen LogP contribution in [0.4, 0.5) is 0 Å². The predicted molar refractivity (Wildman–Crippen MR) is 330 cm³/mol. The molecule has 6 heteroatoms. The van der Waals surface area contributed by atoms with Crippen LogP contribution in [-0.2, 0) is 28.6 Å². The third-order valence-electron chi connectivity index (χ3n) is 14.1. The van der Waals surface area contributed by atoms with E-state index in [9.17, 15) is 14.4 Å². The summed E-state index contributed by atoms with van der Waals surface area (Å²) in [5, 5.41) is 0. The zero-order chi connectivity index (χ0) is 55.0. The first-order valence-corrected chi connectivity index (χ1v) is 32.6. The van der Waals surface area contributed by atoms with Gasteiger partial charge in [-0.25, -0.2) is 0 Å². The first-order valence-electron chi connectivity index (χ1n) is 32.6. The number of hydrogen-bond acceptors (Lipinski definition) is 6. The van der Waals surface area contributed by atoms with Crippen LogP contribution in [0.3, 0.4) is 0 Å². The number of carbonyl (C=O) groups excluding carboxylic acids is 3. The maximum absolute atomic E-state index is 12.9. The van der Waals surface area contributed by atoms with E-state index < -0.39 is 12.1 Å². The second-order valence-electron chi connectivity index (χ2n) is 21.6. The zero-order valence-corrected chi connectivity index (χ0v) is 50.3. The van der Waals surface area contributed by atoms with Gasteiger partial charge in [-0.05, 0) is 83.5 Å². The number of ether oxygens (including phenoxy) is 3. The standard InChI is InChI=1S/C70H122O6/c1-4-7-10-13-16-19-22-25-27-29-31-32-33-34-35-36-37-39-40-42-45-48-51-54-57-60-63-69(72)75-66-67(65-74-68(71)62-59-56-53-50-47-44-24-21-18-15-12-9-6-3)76-70(73)64-61-58-55-52-49-46-43-41-38-30-28-26-23-20-17-14-11-8-5-2/h8,11,17,20-21,24,26,28,38,41,46,49,55,58,67H,4-7,9-10,12-16,18-19,22-23,25,27,29-37,39-40,42-45,47-48,50-54,56-57,59-66H2,1-3H3/b11-8-,20-17-,24-21-,28-26-,41-38-,49-46-,58-55-. The fraction of sp³-hybridized carbons (Fsp3) is 0.757. The van der Waals surface area contributed by atoms with E-state index in [0.717, 1.165) is 89.9 Å². The Hall–Kier alpha value is -3.41. The van der Waals surface area contributed by atoms with Crippen molar-refractivity contribution in [1.82, 2.24) is 0 Å². The minimum Gasteiger partial charge on any atom is -0.462 e. The van der Waals surface area contributed by atoms with Crippen molar-refractivity contribution in [3.05, 3.63) is 85.1 Å².